The highest BCUT2D eigenvalue weighted by Crippen LogP contribution is 2.22. The van der Waals surface area contributed by atoms with Crippen LogP contribution in [0.5, 0.6) is 5.75 Å². The maximum Gasteiger partial charge on any atom is 0.267 e. The van der Waals surface area contributed by atoms with Gasteiger partial charge in [0, 0.05) is 38.6 Å². The van der Waals surface area contributed by atoms with Crippen molar-refractivity contribution in [2.45, 2.75) is 0 Å². The van der Waals surface area contributed by atoms with Crippen molar-refractivity contribution in [1.82, 2.24) is 9.88 Å². The Balaban J connectivity index is 1.62. The molecule has 2 N–H and O–H groups in total. The van der Waals surface area contributed by atoms with E-state index in [4.69, 9.17) is 0 Å². The molecule has 0 atom stereocenters. The van der Waals surface area contributed by atoms with E-state index < -0.39 is 5.91 Å². The fraction of sp³-hybridized carbons (Fsp3) is 0.211. The van der Waals surface area contributed by atoms with Crippen molar-refractivity contribution < 1.29 is 9.90 Å². The van der Waals surface area contributed by atoms with Crippen LogP contribution in [0.1, 0.15) is 0 Å². The Morgan fingerprint density at radius 3 is 2.54 bits per heavy atom. The molecule has 1 fully saturated rings. The number of phenolic OH excluding ortho intramolecular Hbond substituents is 1. The van der Waals surface area contributed by atoms with Gasteiger partial charge in [-0.05, 0) is 24.3 Å². The number of phenols is 1. The monoisotopic (exact) mass is 349 g/mol. The summed E-state index contributed by atoms with van der Waals surface area (Å²) in [5.74, 6) is 0.345. The van der Waals surface area contributed by atoms with Gasteiger partial charge in [-0.1, -0.05) is 18.2 Å². The molecule has 1 aromatic carbocycles. The van der Waals surface area contributed by atoms with E-state index in [-0.39, 0.29) is 17.0 Å². The molecule has 26 heavy (non-hydrogen) atoms. The van der Waals surface area contributed by atoms with E-state index in [0.29, 0.717) is 13.1 Å². The average molecular weight is 349 g/mol. The molecule has 1 saturated heterocycles. The number of piperazine rings is 1. The zero-order chi connectivity index (χ0) is 18.4. The van der Waals surface area contributed by atoms with Crippen molar-refractivity contribution in [3.8, 4) is 11.8 Å². The molecule has 7 nitrogen and oxygen atoms in total. The molecule has 1 amide bonds. The standard InChI is InChI=1S/C19H19N5O2/c20-13-15(19(26)22-16-5-1-2-6-17(16)25)14-23-9-11-24(12-10-23)18-7-3-4-8-21-18/h1-8,14,25H,9-12H2,(H,22,26)/b15-14-. The third-order valence-corrected chi connectivity index (χ3v) is 4.12. The summed E-state index contributed by atoms with van der Waals surface area (Å²) in [6.45, 7) is 2.89. The summed E-state index contributed by atoms with van der Waals surface area (Å²) in [5, 5.41) is 21.6. The maximum atomic E-state index is 12.3. The lowest BCUT2D eigenvalue weighted by Gasteiger charge is -2.34. The molecule has 0 bridgehead atoms. The van der Waals surface area contributed by atoms with Gasteiger partial charge in [-0.2, -0.15) is 5.26 Å². The van der Waals surface area contributed by atoms with Gasteiger partial charge in [0.05, 0.1) is 5.69 Å². The smallest absolute Gasteiger partial charge is 0.267 e. The maximum absolute atomic E-state index is 12.3. The van der Waals surface area contributed by atoms with E-state index >= 15 is 0 Å². The second kappa shape index (κ2) is 8.03. The van der Waals surface area contributed by atoms with Gasteiger partial charge in [0.1, 0.15) is 23.2 Å². The highest BCUT2D eigenvalue weighted by atomic mass is 16.3. The number of nitrogens with one attached hydrogen (secondary N) is 1. The van der Waals surface area contributed by atoms with Crippen LogP contribution < -0.4 is 10.2 Å². The van der Waals surface area contributed by atoms with Gasteiger partial charge in [-0.25, -0.2) is 4.98 Å². The number of hydrogen-bond donors (Lipinski definition) is 2. The third-order valence-electron chi connectivity index (χ3n) is 4.12. The van der Waals surface area contributed by atoms with Crippen LogP contribution in [-0.4, -0.2) is 47.1 Å². The third kappa shape index (κ3) is 4.11. The van der Waals surface area contributed by atoms with E-state index in [1.165, 1.54) is 6.07 Å². The Hall–Kier alpha value is -3.53. The van der Waals surface area contributed by atoms with Crippen molar-refractivity contribution in [3.05, 3.63) is 60.4 Å². The fourth-order valence-corrected chi connectivity index (χ4v) is 2.71. The van der Waals surface area contributed by atoms with Gasteiger partial charge in [0.2, 0.25) is 0 Å². The van der Waals surface area contributed by atoms with E-state index in [2.05, 4.69) is 15.2 Å². The molecule has 1 aromatic heterocycles. The number of benzene rings is 1. The SMILES string of the molecule is N#C/C(=C/N1CCN(c2ccccn2)CC1)C(=O)Nc1ccccc1O. The summed E-state index contributed by atoms with van der Waals surface area (Å²) < 4.78 is 0. The molecule has 3 rings (SSSR count). The molecule has 2 heterocycles. The minimum atomic E-state index is -0.541. The minimum Gasteiger partial charge on any atom is -0.506 e. The van der Waals surface area contributed by atoms with Crippen molar-refractivity contribution >= 4 is 17.4 Å². The Morgan fingerprint density at radius 1 is 1.15 bits per heavy atom. The number of nitrogens with zero attached hydrogens (tertiary/aromatic N) is 4. The lowest BCUT2D eigenvalue weighted by Crippen LogP contribution is -2.44. The summed E-state index contributed by atoms with van der Waals surface area (Å²) >= 11 is 0. The first-order valence-electron chi connectivity index (χ1n) is 8.28. The Morgan fingerprint density at radius 2 is 1.88 bits per heavy atom. The molecule has 1 aliphatic heterocycles. The van der Waals surface area contributed by atoms with Crippen LogP contribution in [0, 0.1) is 11.3 Å². The Bertz CT molecular complexity index is 837. The van der Waals surface area contributed by atoms with E-state index in [1.807, 2.05) is 29.2 Å². The van der Waals surface area contributed by atoms with Gasteiger partial charge < -0.3 is 20.2 Å². The number of aromatic nitrogens is 1. The average Bonchev–Trinajstić information content (AvgIpc) is 2.69. The van der Waals surface area contributed by atoms with E-state index in [0.717, 1.165) is 18.9 Å². The quantitative estimate of drug-likeness (QED) is 0.498. The minimum absolute atomic E-state index is 0.000427. The van der Waals surface area contributed by atoms with Gasteiger partial charge in [0.25, 0.3) is 5.91 Å². The summed E-state index contributed by atoms with van der Waals surface area (Å²) in [7, 11) is 0. The number of rotatable bonds is 4. The second-order valence-electron chi connectivity index (χ2n) is 5.84. The zero-order valence-corrected chi connectivity index (χ0v) is 14.2. The molecule has 0 saturated carbocycles. The van der Waals surface area contributed by atoms with Crippen LogP contribution in [0.2, 0.25) is 0 Å². The highest BCUT2D eigenvalue weighted by molar-refractivity contribution is 6.07. The number of carbonyl (C=O) groups excluding carboxylic acids is 1. The first-order chi connectivity index (χ1) is 12.7. The van der Waals surface area contributed by atoms with Crippen molar-refractivity contribution in [2.24, 2.45) is 0 Å². The first-order valence-corrected chi connectivity index (χ1v) is 8.28. The van der Waals surface area contributed by atoms with E-state index in [9.17, 15) is 15.2 Å². The van der Waals surface area contributed by atoms with Crippen LogP contribution in [0.25, 0.3) is 0 Å². The summed E-state index contributed by atoms with van der Waals surface area (Å²) in [6, 6.07) is 14.1. The van der Waals surface area contributed by atoms with Crippen LogP contribution in [0.15, 0.2) is 60.4 Å². The molecular weight excluding hydrogens is 330 g/mol. The second-order valence-corrected chi connectivity index (χ2v) is 5.84. The molecule has 0 radical (unpaired) electrons. The predicted octanol–water partition coefficient (Wildman–Crippen LogP) is 1.96. The molecule has 7 heteroatoms. The van der Waals surface area contributed by atoms with Crippen LogP contribution >= 0.6 is 0 Å². The number of para-hydroxylation sites is 2. The number of hydrogen-bond acceptors (Lipinski definition) is 6. The van der Waals surface area contributed by atoms with Crippen molar-refractivity contribution in [1.29, 1.82) is 5.26 Å². The van der Waals surface area contributed by atoms with Gasteiger partial charge in [-0.3, -0.25) is 4.79 Å². The molecule has 1 aliphatic rings. The number of carbonyl (C=O) groups is 1. The first kappa shape index (κ1) is 17.3. The van der Waals surface area contributed by atoms with Crippen LogP contribution in [0.4, 0.5) is 11.5 Å². The van der Waals surface area contributed by atoms with Crippen molar-refractivity contribution in [3.63, 3.8) is 0 Å². The van der Waals surface area contributed by atoms with Gasteiger partial charge in [0.15, 0.2) is 0 Å². The molecule has 0 unspecified atom stereocenters. The number of amides is 1. The molecule has 0 aliphatic carbocycles. The predicted molar refractivity (Wildman–Crippen MR) is 98.5 cm³/mol. The molecule has 0 spiro atoms. The number of nitriles is 1. The Kier molecular flexibility index (Phi) is 5.34. The summed E-state index contributed by atoms with van der Waals surface area (Å²) in [5.41, 5.74) is 0.276. The summed E-state index contributed by atoms with van der Waals surface area (Å²) in [4.78, 5) is 20.7. The highest BCUT2D eigenvalue weighted by Gasteiger charge is 2.18. The number of pyridine rings is 1. The molecular formula is C19H19N5O2. The zero-order valence-electron chi connectivity index (χ0n) is 14.2. The van der Waals surface area contributed by atoms with Gasteiger partial charge in [-0.15, -0.1) is 0 Å². The van der Waals surface area contributed by atoms with Crippen LogP contribution in [-0.2, 0) is 4.79 Å². The van der Waals surface area contributed by atoms with Crippen LogP contribution in [0.3, 0.4) is 0 Å². The lowest BCUT2D eigenvalue weighted by atomic mass is 10.2. The van der Waals surface area contributed by atoms with Gasteiger partial charge >= 0.3 is 0 Å². The topological polar surface area (TPSA) is 92.5 Å². The fourth-order valence-electron chi connectivity index (χ4n) is 2.71. The summed E-state index contributed by atoms with van der Waals surface area (Å²) in [6.07, 6.45) is 3.34. The van der Waals surface area contributed by atoms with E-state index in [1.54, 1.807) is 30.6 Å². The normalized spacial score (nSPS) is 14.7. The van der Waals surface area contributed by atoms with Crippen molar-refractivity contribution in [2.75, 3.05) is 36.4 Å². The largest absolute Gasteiger partial charge is 0.506 e. The Labute approximate surface area is 151 Å². The lowest BCUT2D eigenvalue weighted by molar-refractivity contribution is -0.112. The number of anilines is 2. The molecule has 132 valence electrons. The number of aromatic hydroxyl groups is 1. The molecule has 2 aromatic rings.